The molecular weight excluding hydrogens is 408 g/mol. The van der Waals surface area contributed by atoms with Gasteiger partial charge < -0.3 is 25.6 Å². The highest BCUT2D eigenvalue weighted by atomic mass is 16.5. The molecule has 0 aliphatic carbocycles. The smallest absolute Gasteiger partial charge is 0.259 e. The predicted octanol–water partition coefficient (Wildman–Crippen LogP) is 3.09. The summed E-state index contributed by atoms with van der Waals surface area (Å²) in [6, 6.07) is 7.60. The zero-order valence-corrected chi connectivity index (χ0v) is 18.2. The van der Waals surface area contributed by atoms with E-state index in [4.69, 9.17) is 4.74 Å². The molecule has 3 heterocycles. The van der Waals surface area contributed by atoms with Gasteiger partial charge in [-0.3, -0.25) is 9.59 Å². The fraction of sp³-hybridized carbons (Fsp3) is 0.391. The minimum absolute atomic E-state index is 0.155. The first-order valence-corrected chi connectivity index (χ1v) is 11.0. The van der Waals surface area contributed by atoms with Crippen molar-refractivity contribution in [3.63, 3.8) is 0 Å². The molecule has 1 aromatic heterocycles. The molecule has 1 aromatic carbocycles. The number of aromatic nitrogens is 2. The number of nitrogens with one attached hydrogen (secondary N) is 3. The highest BCUT2D eigenvalue weighted by Crippen LogP contribution is 2.34. The first-order valence-electron chi connectivity index (χ1n) is 11.0. The van der Waals surface area contributed by atoms with Crippen LogP contribution in [0.3, 0.4) is 0 Å². The van der Waals surface area contributed by atoms with Crippen LogP contribution in [0.15, 0.2) is 36.8 Å². The first kappa shape index (κ1) is 21.6. The van der Waals surface area contributed by atoms with E-state index in [0.29, 0.717) is 48.9 Å². The zero-order valence-electron chi connectivity index (χ0n) is 18.2. The number of hydrogen-bond donors (Lipinski definition) is 3. The van der Waals surface area contributed by atoms with E-state index >= 15 is 0 Å². The molecule has 0 saturated heterocycles. The van der Waals surface area contributed by atoms with Crippen LogP contribution in [0.1, 0.15) is 37.7 Å². The summed E-state index contributed by atoms with van der Waals surface area (Å²) in [6.45, 7) is 1.87. The summed E-state index contributed by atoms with van der Waals surface area (Å²) in [4.78, 5) is 35.2. The van der Waals surface area contributed by atoms with E-state index < -0.39 is 0 Å². The lowest BCUT2D eigenvalue weighted by atomic mass is 10.1. The van der Waals surface area contributed by atoms with Crippen molar-refractivity contribution in [2.45, 2.75) is 32.1 Å². The molecule has 2 aliphatic heterocycles. The maximum absolute atomic E-state index is 12.6. The molecule has 0 unspecified atom stereocenters. The Labute approximate surface area is 187 Å². The van der Waals surface area contributed by atoms with Crippen molar-refractivity contribution >= 4 is 34.7 Å². The lowest BCUT2D eigenvalue weighted by molar-refractivity contribution is -0.130. The second-order valence-electron chi connectivity index (χ2n) is 7.88. The molecule has 168 valence electrons. The van der Waals surface area contributed by atoms with Crippen LogP contribution in [-0.4, -0.2) is 53.4 Å². The molecule has 9 heteroatoms. The number of rotatable bonds is 0. The van der Waals surface area contributed by atoms with Gasteiger partial charge in [0, 0.05) is 44.5 Å². The molecule has 2 amide bonds. The van der Waals surface area contributed by atoms with Crippen LogP contribution in [0.5, 0.6) is 5.75 Å². The maximum atomic E-state index is 12.6. The van der Waals surface area contributed by atoms with Gasteiger partial charge in [-0.2, -0.15) is 0 Å². The Morgan fingerprint density at radius 3 is 2.84 bits per heavy atom. The highest BCUT2D eigenvalue weighted by Gasteiger charge is 2.29. The standard InChI is InChI=1S/C23H28N6O3/c1-29-11-6-10-24-21-20-18(23(31)28-22(20)27-15-26-21)14-25-16-7-5-8-17(13-16)32-12-4-2-3-9-19(29)30/h5,7-8,13-15,25H,2-4,6,9-12H2,1H3,(H2,24,26,27,28,31)/b18-14-. The van der Waals surface area contributed by atoms with Crippen LogP contribution in [0.4, 0.5) is 17.3 Å². The van der Waals surface area contributed by atoms with Gasteiger partial charge in [0.25, 0.3) is 5.91 Å². The second-order valence-corrected chi connectivity index (χ2v) is 7.88. The molecule has 2 bridgehead atoms. The Kier molecular flexibility index (Phi) is 6.84. The molecular formula is C23H28N6O3. The number of amides is 2. The zero-order chi connectivity index (χ0) is 22.3. The number of fused-ring (bicyclic) bond motifs is 2. The fourth-order valence-electron chi connectivity index (χ4n) is 3.71. The van der Waals surface area contributed by atoms with E-state index in [1.165, 1.54) is 6.33 Å². The molecule has 3 N–H and O–H groups in total. The summed E-state index contributed by atoms with van der Waals surface area (Å²) in [5.41, 5.74) is 1.90. The van der Waals surface area contributed by atoms with E-state index in [2.05, 4.69) is 25.9 Å². The van der Waals surface area contributed by atoms with Gasteiger partial charge in [-0.05, 0) is 37.8 Å². The van der Waals surface area contributed by atoms with Crippen molar-refractivity contribution in [3.8, 4) is 5.75 Å². The van der Waals surface area contributed by atoms with Crippen LogP contribution in [0.25, 0.3) is 5.57 Å². The van der Waals surface area contributed by atoms with E-state index in [0.717, 1.165) is 37.1 Å². The molecule has 32 heavy (non-hydrogen) atoms. The quantitative estimate of drug-likeness (QED) is 0.582. The van der Waals surface area contributed by atoms with Gasteiger partial charge >= 0.3 is 0 Å². The largest absolute Gasteiger partial charge is 0.494 e. The third-order valence-corrected chi connectivity index (χ3v) is 5.50. The van der Waals surface area contributed by atoms with Crippen LogP contribution >= 0.6 is 0 Å². The molecule has 0 atom stereocenters. The number of carbonyl (C=O) groups is 2. The predicted molar refractivity (Wildman–Crippen MR) is 123 cm³/mol. The van der Waals surface area contributed by atoms with Crippen LogP contribution < -0.4 is 20.7 Å². The second kappa shape index (κ2) is 10.1. The number of ether oxygens (including phenoxy) is 1. The summed E-state index contributed by atoms with van der Waals surface area (Å²) in [5, 5.41) is 9.27. The molecule has 2 aliphatic rings. The monoisotopic (exact) mass is 436 g/mol. The Balaban J connectivity index is 1.57. The van der Waals surface area contributed by atoms with Crippen molar-refractivity contribution < 1.29 is 14.3 Å². The van der Waals surface area contributed by atoms with Crippen LogP contribution in [0, 0.1) is 0 Å². The Morgan fingerprint density at radius 2 is 1.94 bits per heavy atom. The van der Waals surface area contributed by atoms with E-state index in [1.807, 2.05) is 31.3 Å². The Morgan fingerprint density at radius 1 is 1.06 bits per heavy atom. The van der Waals surface area contributed by atoms with Crippen molar-refractivity contribution in [3.05, 3.63) is 42.4 Å². The van der Waals surface area contributed by atoms with Gasteiger partial charge in [-0.15, -0.1) is 0 Å². The highest BCUT2D eigenvalue weighted by molar-refractivity contribution is 6.32. The lowest BCUT2D eigenvalue weighted by Crippen LogP contribution is -2.28. The van der Waals surface area contributed by atoms with Crippen molar-refractivity contribution in [1.82, 2.24) is 14.9 Å². The molecule has 0 radical (unpaired) electrons. The molecule has 0 saturated carbocycles. The number of benzene rings is 1. The van der Waals surface area contributed by atoms with Gasteiger partial charge in [-0.25, -0.2) is 9.97 Å². The number of anilines is 3. The molecule has 0 fully saturated rings. The average Bonchev–Trinajstić information content (AvgIpc) is 3.12. The summed E-state index contributed by atoms with van der Waals surface area (Å²) in [6.07, 6.45) is 7.09. The minimum atomic E-state index is -0.240. The fourth-order valence-corrected chi connectivity index (χ4v) is 3.71. The van der Waals surface area contributed by atoms with E-state index in [9.17, 15) is 9.59 Å². The maximum Gasteiger partial charge on any atom is 0.259 e. The number of nitrogens with zero attached hydrogens (tertiary/aromatic N) is 3. The summed E-state index contributed by atoms with van der Waals surface area (Å²) in [7, 11) is 1.84. The lowest BCUT2D eigenvalue weighted by Gasteiger charge is -2.18. The molecule has 4 rings (SSSR count). The van der Waals surface area contributed by atoms with Crippen molar-refractivity contribution in [1.29, 1.82) is 0 Å². The third-order valence-electron chi connectivity index (χ3n) is 5.50. The van der Waals surface area contributed by atoms with Gasteiger partial charge in [0.15, 0.2) is 0 Å². The minimum Gasteiger partial charge on any atom is -0.494 e. The molecule has 9 nitrogen and oxygen atoms in total. The normalized spacial score (nSPS) is 19.4. The summed E-state index contributed by atoms with van der Waals surface area (Å²) < 4.78 is 5.85. The van der Waals surface area contributed by atoms with Crippen LogP contribution in [0.2, 0.25) is 0 Å². The topological polar surface area (TPSA) is 108 Å². The van der Waals surface area contributed by atoms with E-state index in [1.54, 1.807) is 11.1 Å². The Bertz CT molecular complexity index is 1020. The van der Waals surface area contributed by atoms with Crippen LogP contribution in [-0.2, 0) is 9.59 Å². The van der Waals surface area contributed by atoms with E-state index in [-0.39, 0.29) is 11.8 Å². The summed E-state index contributed by atoms with van der Waals surface area (Å²) >= 11 is 0. The molecule has 2 aromatic rings. The van der Waals surface area contributed by atoms with Crippen molar-refractivity contribution in [2.75, 3.05) is 42.7 Å². The number of hydrogen-bond acceptors (Lipinski definition) is 7. The SMILES string of the molecule is CN1CCCNc2ncnc3c2/C(=C/Nc2cccc(c2)OCCCCCC1=O)C(=O)N3. The summed E-state index contributed by atoms with van der Waals surface area (Å²) in [5.74, 6) is 1.73. The van der Waals surface area contributed by atoms with Gasteiger partial charge in [-0.1, -0.05) is 6.07 Å². The Hall–Kier alpha value is -3.62. The number of carbonyl (C=O) groups excluding carboxylic acids is 2. The molecule has 0 spiro atoms. The van der Waals surface area contributed by atoms with Gasteiger partial charge in [0.2, 0.25) is 5.91 Å². The third kappa shape index (κ3) is 5.16. The van der Waals surface area contributed by atoms with Crippen molar-refractivity contribution in [2.24, 2.45) is 0 Å². The first-order chi connectivity index (χ1) is 15.6. The average molecular weight is 437 g/mol. The van der Waals surface area contributed by atoms with Gasteiger partial charge in [0.05, 0.1) is 17.7 Å². The van der Waals surface area contributed by atoms with Gasteiger partial charge in [0.1, 0.15) is 23.7 Å².